The summed E-state index contributed by atoms with van der Waals surface area (Å²) in [5.41, 5.74) is 0.660. The molecule has 156 valence electrons. The van der Waals surface area contributed by atoms with E-state index in [4.69, 9.17) is 4.74 Å². The number of aromatic nitrogens is 2. The molecule has 1 aromatic heterocycles. The maximum Gasteiger partial charge on any atom is 0.359 e. The van der Waals surface area contributed by atoms with Crippen molar-refractivity contribution in [1.29, 1.82) is 0 Å². The van der Waals surface area contributed by atoms with Crippen LogP contribution in [-0.2, 0) is 22.4 Å². The van der Waals surface area contributed by atoms with E-state index in [0.717, 1.165) is 17.7 Å². The molecule has 7 nitrogen and oxygen atoms in total. The molecule has 2 aromatic rings. The largest absolute Gasteiger partial charge is 0.461 e. The molecule has 1 aliphatic carbocycles. The predicted octanol–water partition coefficient (Wildman–Crippen LogP) is 1.62. The van der Waals surface area contributed by atoms with Gasteiger partial charge in [0.1, 0.15) is 11.5 Å². The highest BCUT2D eigenvalue weighted by atomic mass is 19.1. The number of likely N-dealkylation sites (N-methyl/N-ethyl adjacent to an activating group) is 1. The van der Waals surface area contributed by atoms with Crippen molar-refractivity contribution < 1.29 is 23.8 Å². The van der Waals surface area contributed by atoms with Crippen LogP contribution in [0.2, 0.25) is 0 Å². The molecule has 30 heavy (non-hydrogen) atoms. The molecule has 0 unspecified atom stereocenters. The Morgan fingerprint density at radius 1 is 1.40 bits per heavy atom. The summed E-state index contributed by atoms with van der Waals surface area (Å²) in [7, 11) is 1.61. The molecule has 0 saturated carbocycles. The highest BCUT2D eigenvalue weighted by Gasteiger charge is 2.42. The number of fused-ring (bicyclic) bond motifs is 1. The minimum Gasteiger partial charge on any atom is -0.461 e. The molecule has 0 spiro atoms. The Bertz CT molecular complexity index is 1100. The van der Waals surface area contributed by atoms with Crippen LogP contribution in [0.4, 0.5) is 4.39 Å². The summed E-state index contributed by atoms with van der Waals surface area (Å²) in [5, 5.41) is 14.8. The van der Waals surface area contributed by atoms with Crippen molar-refractivity contribution in [2.45, 2.75) is 38.2 Å². The number of esters is 1. The second-order valence-corrected chi connectivity index (χ2v) is 7.51. The van der Waals surface area contributed by atoms with E-state index < -0.39 is 23.3 Å². The third kappa shape index (κ3) is 3.35. The Morgan fingerprint density at radius 2 is 2.20 bits per heavy atom. The Morgan fingerprint density at radius 3 is 2.90 bits per heavy atom. The van der Waals surface area contributed by atoms with E-state index in [1.165, 1.54) is 27.8 Å². The van der Waals surface area contributed by atoms with Gasteiger partial charge in [-0.15, -0.1) is 0 Å². The summed E-state index contributed by atoms with van der Waals surface area (Å²) in [6.45, 7) is 2.38. The van der Waals surface area contributed by atoms with Crippen LogP contribution in [0.15, 0.2) is 18.2 Å². The second kappa shape index (κ2) is 7.58. The predicted molar refractivity (Wildman–Crippen MR) is 106 cm³/mol. The van der Waals surface area contributed by atoms with Gasteiger partial charge in [-0.2, -0.15) is 5.10 Å². The van der Waals surface area contributed by atoms with Crippen molar-refractivity contribution in [3.8, 4) is 17.5 Å². The quantitative estimate of drug-likeness (QED) is 0.613. The van der Waals surface area contributed by atoms with E-state index in [1.54, 1.807) is 14.0 Å². The summed E-state index contributed by atoms with van der Waals surface area (Å²) >= 11 is 0. The van der Waals surface area contributed by atoms with Crippen molar-refractivity contribution in [3.63, 3.8) is 0 Å². The zero-order chi connectivity index (χ0) is 21.5. The number of rotatable bonds is 3. The van der Waals surface area contributed by atoms with Gasteiger partial charge >= 0.3 is 5.97 Å². The van der Waals surface area contributed by atoms with Gasteiger partial charge in [-0.05, 0) is 44.4 Å². The van der Waals surface area contributed by atoms with Crippen molar-refractivity contribution in [3.05, 3.63) is 46.5 Å². The third-order valence-electron chi connectivity index (χ3n) is 5.50. The molecule has 1 N–H and O–H groups in total. The number of hydrogen-bond acceptors (Lipinski definition) is 5. The number of likely N-dealkylation sites (tertiary alicyclic amines) is 1. The number of halogens is 1. The SMILES string of the molecule is CCOC(=O)c1nn(-c2cc(C#C[C@]3(O)CCN(C)C3=O)ccc2F)c2c1CCC2. The highest BCUT2D eigenvalue weighted by molar-refractivity contribution is 5.90. The first-order valence-corrected chi connectivity index (χ1v) is 9.93. The molecule has 8 heteroatoms. The molecule has 1 aromatic carbocycles. The average Bonchev–Trinajstić information content (AvgIpc) is 3.40. The van der Waals surface area contributed by atoms with Crippen molar-refractivity contribution in [1.82, 2.24) is 14.7 Å². The van der Waals surface area contributed by atoms with Gasteiger partial charge in [0.05, 0.1) is 6.61 Å². The van der Waals surface area contributed by atoms with Crippen LogP contribution in [-0.4, -0.2) is 57.5 Å². The van der Waals surface area contributed by atoms with Crippen molar-refractivity contribution in [2.24, 2.45) is 0 Å². The van der Waals surface area contributed by atoms with Crippen LogP contribution in [0.3, 0.4) is 0 Å². The molecule has 1 fully saturated rings. The van der Waals surface area contributed by atoms with Crippen LogP contribution in [0.25, 0.3) is 5.69 Å². The molecule has 1 amide bonds. The summed E-state index contributed by atoms with van der Waals surface area (Å²) in [6, 6.07) is 4.25. The van der Waals surface area contributed by atoms with Gasteiger partial charge in [-0.25, -0.2) is 13.9 Å². The Hall–Kier alpha value is -3.18. The van der Waals surface area contributed by atoms with Gasteiger partial charge in [0, 0.05) is 36.8 Å². The highest BCUT2D eigenvalue weighted by Crippen LogP contribution is 2.29. The van der Waals surface area contributed by atoms with E-state index in [2.05, 4.69) is 16.9 Å². The minimum atomic E-state index is -1.73. The van der Waals surface area contributed by atoms with E-state index in [9.17, 15) is 19.1 Å². The molecule has 0 radical (unpaired) electrons. The number of hydrogen-bond donors (Lipinski definition) is 1. The van der Waals surface area contributed by atoms with Crippen LogP contribution in [0.1, 0.15) is 47.1 Å². The number of ether oxygens (including phenoxy) is 1. The fraction of sp³-hybridized carbons (Fsp3) is 0.409. The zero-order valence-electron chi connectivity index (χ0n) is 16.9. The number of amides is 1. The average molecular weight is 411 g/mol. The number of aliphatic hydroxyl groups is 1. The lowest BCUT2D eigenvalue weighted by atomic mass is 10.0. The van der Waals surface area contributed by atoms with Gasteiger partial charge in [-0.3, -0.25) is 4.79 Å². The lowest BCUT2D eigenvalue weighted by Gasteiger charge is -2.13. The Balaban J connectivity index is 1.73. The zero-order valence-corrected chi connectivity index (χ0v) is 16.9. The maximum absolute atomic E-state index is 14.7. The Kier molecular flexibility index (Phi) is 5.08. The third-order valence-corrected chi connectivity index (χ3v) is 5.50. The first-order valence-electron chi connectivity index (χ1n) is 9.93. The Labute approximate surface area is 173 Å². The lowest BCUT2D eigenvalue weighted by Crippen LogP contribution is -2.37. The molecule has 1 aliphatic heterocycles. The van der Waals surface area contributed by atoms with Gasteiger partial charge in [-0.1, -0.05) is 11.8 Å². The standard InChI is InChI=1S/C22H22FN3O4/c1-3-30-20(27)19-15-5-4-6-17(15)26(24-19)18-13-14(7-8-16(18)23)9-10-22(29)11-12-25(2)21(22)28/h7-8,13,29H,3-6,11-12H2,1-2H3/t22-/m0/s1. The van der Waals surface area contributed by atoms with E-state index >= 15 is 0 Å². The monoisotopic (exact) mass is 411 g/mol. The van der Waals surface area contributed by atoms with Gasteiger partial charge in [0.2, 0.25) is 5.60 Å². The minimum absolute atomic E-state index is 0.164. The smallest absolute Gasteiger partial charge is 0.359 e. The molecule has 2 aliphatic rings. The maximum atomic E-state index is 14.7. The summed E-state index contributed by atoms with van der Waals surface area (Å²) in [4.78, 5) is 25.8. The molecule has 1 saturated heterocycles. The van der Waals surface area contributed by atoms with Gasteiger partial charge in [0.25, 0.3) is 5.91 Å². The van der Waals surface area contributed by atoms with Crippen LogP contribution < -0.4 is 0 Å². The molecule has 0 bridgehead atoms. The van der Waals surface area contributed by atoms with Gasteiger partial charge < -0.3 is 14.7 Å². The van der Waals surface area contributed by atoms with E-state index in [1.807, 2.05) is 0 Å². The van der Waals surface area contributed by atoms with E-state index in [-0.39, 0.29) is 24.4 Å². The summed E-state index contributed by atoms with van der Waals surface area (Å²) in [5.74, 6) is 3.95. The number of carbonyl (C=O) groups excluding carboxylic acids is 2. The second-order valence-electron chi connectivity index (χ2n) is 7.51. The van der Waals surface area contributed by atoms with E-state index in [0.29, 0.717) is 24.9 Å². The topological polar surface area (TPSA) is 84.7 Å². The molecule has 4 rings (SSSR count). The summed E-state index contributed by atoms with van der Waals surface area (Å²) < 4.78 is 21.2. The molecular weight excluding hydrogens is 389 g/mol. The number of carbonyl (C=O) groups is 2. The number of benzene rings is 1. The lowest BCUT2D eigenvalue weighted by molar-refractivity contribution is -0.137. The van der Waals surface area contributed by atoms with Crippen molar-refractivity contribution >= 4 is 11.9 Å². The van der Waals surface area contributed by atoms with Crippen LogP contribution in [0.5, 0.6) is 0 Å². The van der Waals surface area contributed by atoms with Crippen LogP contribution >= 0.6 is 0 Å². The number of nitrogens with zero attached hydrogens (tertiary/aromatic N) is 3. The van der Waals surface area contributed by atoms with Crippen molar-refractivity contribution in [2.75, 3.05) is 20.2 Å². The normalized spacial score (nSPS) is 20.1. The first kappa shape index (κ1) is 20.1. The fourth-order valence-electron chi connectivity index (χ4n) is 3.90. The van der Waals surface area contributed by atoms with Crippen LogP contribution in [0, 0.1) is 17.7 Å². The van der Waals surface area contributed by atoms with Gasteiger partial charge in [0.15, 0.2) is 5.69 Å². The molecule has 2 heterocycles. The fourth-order valence-corrected chi connectivity index (χ4v) is 3.90. The first-order chi connectivity index (χ1) is 14.3. The molecular formula is C22H22FN3O4. The molecule has 1 atom stereocenters. The summed E-state index contributed by atoms with van der Waals surface area (Å²) in [6.07, 6.45) is 2.44.